The summed E-state index contributed by atoms with van der Waals surface area (Å²) in [6, 6.07) is 0. The second-order valence-corrected chi connectivity index (χ2v) is 4.95. The molecule has 13 heavy (non-hydrogen) atoms. The highest BCUT2D eigenvalue weighted by Crippen LogP contribution is 2.24. The normalized spacial score (nSPS) is 12.5. The van der Waals surface area contributed by atoms with Gasteiger partial charge in [0.1, 0.15) is 0 Å². The van der Waals surface area contributed by atoms with Gasteiger partial charge in [0, 0.05) is 5.69 Å². The second kappa shape index (κ2) is 3.17. The van der Waals surface area contributed by atoms with Gasteiger partial charge in [-0.3, -0.25) is 4.68 Å². The first kappa shape index (κ1) is 10.3. The monoisotopic (exact) mass is 180 g/mol. The minimum Gasteiger partial charge on any atom is -0.264 e. The minimum absolute atomic E-state index is 0.0911. The molecule has 0 N–H and O–H groups in total. The largest absolute Gasteiger partial charge is 0.264 e. The van der Waals surface area contributed by atoms with Crippen molar-refractivity contribution in [1.29, 1.82) is 0 Å². The van der Waals surface area contributed by atoms with Gasteiger partial charge in [0.05, 0.1) is 11.7 Å². The fraction of sp³-hybridized carbons (Fsp3) is 0.727. The highest BCUT2D eigenvalue weighted by Gasteiger charge is 2.20. The molecule has 0 saturated heterocycles. The van der Waals surface area contributed by atoms with Crippen molar-refractivity contribution in [3.63, 3.8) is 0 Å². The summed E-state index contributed by atoms with van der Waals surface area (Å²) in [5.74, 6) is 0.543. The van der Waals surface area contributed by atoms with E-state index in [1.165, 1.54) is 11.3 Å². The Morgan fingerprint density at radius 1 is 1.31 bits per heavy atom. The number of nitrogens with zero attached hydrogens (tertiary/aromatic N) is 2. The average molecular weight is 180 g/mol. The Balaban J connectivity index is 3.23. The first-order valence-corrected chi connectivity index (χ1v) is 4.89. The third-order valence-electron chi connectivity index (χ3n) is 2.18. The number of rotatable bonds is 1. The van der Waals surface area contributed by atoms with Gasteiger partial charge in [-0.05, 0) is 39.2 Å². The van der Waals surface area contributed by atoms with Crippen LogP contribution in [0.3, 0.4) is 0 Å². The van der Waals surface area contributed by atoms with Crippen molar-refractivity contribution in [2.75, 3.05) is 0 Å². The maximum absolute atomic E-state index is 4.42. The molecule has 0 radical (unpaired) electrons. The molecule has 0 fully saturated rings. The van der Waals surface area contributed by atoms with Gasteiger partial charge in [0.15, 0.2) is 0 Å². The molecule has 0 saturated carbocycles. The topological polar surface area (TPSA) is 17.8 Å². The van der Waals surface area contributed by atoms with E-state index in [0.717, 1.165) is 0 Å². The van der Waals surface area contributed by atoms with Crippen LogP contribution in [0.25, 0.3) is 0 Å². The van der Waals surface area contributed by atoms with Crippen molar-refractivity contribution in [2.24, 2.45) is 0 Å². The van der Waals surface area contributed by atoms with Gasteiger partial charge in [-0.1, -0.05) is 13.8 Å². The molecule has 0 aliphatic heterocycles. The molecule has 0 spiro atoms. The maximum Gasteiger partial charge on any atom is 0.0546 e. The Bertz CT molecular complexity index is 290. The Labute approximate surface area is 81.0 Å². The summed E-state index contributed by atoms with van der Waals surface area (Å²) in [7, 11) is 0. The summed E-state index contributed by atoms with van der Waals surface area (Å²) in [6.45, 7) is 13.1. The predicted octanol–water partition coefficient (Wildman–Crippen LogP) is 3.07. The van der Waals surface area contributed by atoms with Crippen molar-refractivity contribution >= 4 is 0 Å². The van der Waals surface area contributed by atoms with Crippen LogP contribution in [0, 0.1) is 6.92 Å². The Hall–Kier alpha value is -0.790. The van der Waals surface area contributed by atoms with E-state index in [2.05, 4.69) is 51.3 Å². The van der Waals surface area contributed by atoms with E-state index in [1.54, 1.807) is 0 Å². The molecule has 0 aromatic carbocycles. The summed E-state index contributed by atoms with van der Waals surface area (Å²) in [5, 5.41) is 4.42. The average Bonchev–Trinajstić information content (AvgIpc) is 2.28. The van der Waals surface area contributed by atoms with Gasteiger partial charge >= 0.3 is 0 Å². The van der Waals surface area contributed by atoms with Crippen molar-refractivity contribution in [2.45, 2.75) is 53.0 Å². The summed E-state index contributed by atoms with van der Waals surface area (Å²) in [6.07, 6.45) is 1.96. The minimum atomic E-state index is 0.0911. The lowest BCUT2D eigenvalue weighted by atomic mass is 10.0. The second-order valence-electron chi connectivity index (χ2n) is 4.95. The molecular formula is C11H20N2. The third kappa shape index (κ3) is 1.93. The fourth-order valence-electron chi connectivity index (χ4n) is 1.67. The molecule has 0 aliphatic carbocycles. The molecular weight excluding hydrogens is 160 g/mol. The SMILES string of the molecule is Cc1cnn(C(C)(C)C)c1C(C)C. The van der Waals surface area contributed by atoms with Crippen molar-refractivity contribution in [3.8, 4) is 0 Å². The Morgan fingerprint density at radius 2 is 1.85 bits per heavy atom. The highest BCUT2D eigenvalue weighted by atomic mass is 15.3. The van der Waals surface area contributed by atoms with E-state index in [1.807, 2.05) is 6.20 Å². The van der Waals surface area contributed by atoms with Gasteiger partial charge in [-0.2, -0.15) is 5.10 Å². The first-order chi connectivity index (χ1) is 5.84. The van der Waals surface area contributed by atoms with Crippen LogP contribution in [0.5, 0.6) is 0 Å². The van der Waals surface area contributed by atoms with Gasteiger partial charge in [-0.25, -0.2) is 0 Å². The maximum atomic E-state index is 4.42. The zero-order chi connectivity index (χ0) is 10.2. The molecule has 1 rings (SSSR count). The van der Waals surface area contributed by atoms with Crippen LogP contribution < -0.4 is 0 Å². The summed E-state index contributed by atoms with van der Waals surface area (Å²) in [4.78, 5) is 0. The van der Waals surface area contributed by atoms with Crippen LogP contribution in [0.4, 0.5) is 0 Å². The smallest absolute Gasteiger partial charge is 0.0546 e. The quantitative estimate of drug-likeness (QED) is 0.649. The number of hydrogen-bond acceptors (Lipinski definition) is 1. The molecule has 0 atom stereocenters. The lowest BCUT2D eigenvalue weighted by Crippen LogP contribution is -2.25. The van der Waals surface area contributed by atoms with E-state index in [9.17, 15) is 0 Å². The van der Waals surface area contributed by atoms with E-state index < -0.39 is 0 Å². The molecule has 0 unspecified atom stereocenters. The first-order valence-electron chi connectivity index (χ1n) is 4.89. The van der Waals surface area contributed by atoms with E-state index in [-0.39, 0.29) is 5.54 Å². The molecule has 1 heterocycles. The van der Waals surface area contributed by atoms with Crippen LogP contribution in [-0.4, -0.2) is 9.78 Å². The number of aromatic nitrogens is 2. The van der Waals surface area contributed by atoms with Crippen LogP contribution in [0.2, 0.25) is 0 Å². The third-order valence-corrected chi connectivity index (χ3v) is 2.18. The molecule has 2 heteroatoms. The van der Waals surface area contributed by atoms with Crippen LogP contribution in [0.1, 0.15) is 51.8 Å². The van der Waals surface area contributed by atoms with Gasteiger partial charge in [-0.15, -0.1) is 0 Å². The van der Waals surface area contributed by atoms with Crippen LogP contribution in [-0.2, 0) is 5.54 Å². The van der Waals surface area contributed by atoms with E-state index in [4.69, 9.17) is 0 Å². The lowest BCUT2D eigenvalue weighted by Gasteiger charge is -2.24. The zero-order valence-electron chi connectivity index (χ0n) is 9.55. The molecule has 0 amide bonds. The predicted molar refractivity (Wildman–Crippen MR) is 56.0 cm³/mol. The van der Waals surface area contributed by atoms with Crippen LogP contribution in [0.15, 0.2) is 6.20 Å². The molecule has 0 bridgehead atoms. The summed E-state index contributed by atoms with van der Waals surface area (Å²) < 4.78 is 2.13. The van der Waals surface area contributed by atoms with Crippen molar-refractivity contribution in [1.82, 2.24) is 9.78 Å². The Morgan fingerprint density at radius 3 is 2.15 bits per heavy atom. The van der Waals surface area contributed by atoms with Gasteiger partial charge in [0.2, 0.25) is 0 Å². The summed E-state index contributed by atoms with van der Waals surface area (Å²) >= 11 is 0. The zero-order valence-corrected chi connectivity index (χ0v) is 9.55. The molecule has 1 aromatic heterocycles. The van der Waals surface area contributed by atoms with Crippen molar-refractivity contribution in [3.05, 3.63) is 17.5 Å². The molecule has 74 valence electrons. The highest BCUT2D eigenvalue weighted by molar-refractivity contribution is 5.20. The number of hydrogen-bond donors (Lipinski definition) is 0. The van der Waals surface area contributed by atoms with Crippen LogP contribution >= 0.6 is 0 Å². The Kier molecular flexibility index (Phi) is 2.51. The van der Waals surface area contributed by atoms with E-state index in [0.29, 0.717) is 5.92 Å². The van der Waals surface area contributed by atoms with Gasteiger partial charge < -0.3 is 0 Å². The molecule has 1 aromatic rings. The number of aryl methyl sites for hydroxylation is 1. The van der Waals surface area contributed by atoms with E-state index >= 15 is 0 Å². The van der Waals surface area contributed by atoms with Crippen molar-refractivity contribution < 1.29 is 0 Å². The molecule has 2 nitrogen and oxygen atoms in total. The van der Waals surface area contributed by atoms with Gasteiger partial charge in [0.25, 0.3) is 0 Å². The standard InChI is InChI=1S/C11H20N2/c1-8(2)10-9(3)7-12-13(10)11(4,5)6/h7-8H,1-6H3. The lowest BCUT2D eigenvalue weighted by molar-refractivity contribution is 0.338. The summed E-state index contributed by atoms with van der Waals surface area (Å²) in [5.41, 5.74) is 2.74. The molecule has 0 aliphatic rings. The fourth-order valence-corrected chi connectivity index (χ4v) is 1.67.